The number of hydrogen-bond donors (Lipinski definition) is 0. The molecule has 10 heteroatoms. The number of nitrogens with zero attached hydrogens (tertiary/aromatic N) is 6. The lowest BCUT2D eigenvalue weighted by Gasteiger charge is -2.37. The van der Waals surface area contributed by atoms with Gasteiger partial charge >= 0.3 is 0 Å². The average Bonchev–Trinajstić information content (AvgIpc) is 2.90. The summed E-state index contributed by atoms with van der Waals surface area (Å²) in [5, 5.41) is 1.65. The van der Waals surface area contributed by atoms with Crippen molar-refractivity contribution in [3.05, 3.63) is 76.4 Å². The molecule has 4 rings (SSSR count). The fourth-order valence-electron chi connectivity index (χ4n) is 4.13. The van der Waals surface area contributed by atoms with Crippen molar-refractivity contribution in [3.8, 4) is 0 Å². The highest BCUT2D eigenvalue weighted by Crippen LogP contribution is 2.28. The van der Waals surface area contributed by atoms with E-state index in [0.717, 1.165) is 54.8 Å². The molecule has 7 nitrogen and oxygen atoms in total. The van der Waals surface area contributed by atoms with Gasteiger partial charge < -0.3 is 19.6 Å². The number of likely N-dealkylation sites (N-methyl/N-ethyl adjacent to an activating group) is 1. The minimum Gasteiger partial charge on any atom is -0.367 e. The summed E-state index contributed by atoms with van der Waals surface area (Å²) in [6.45, 7) is 5.25. The first-order valence-electron chi connectivity index (χ1n) is 12.3. The molecule has 0 unspecified atom stereocenters. The van der Waals surface area contributed by atoms with Crippen LogP contribution in [0.25, 0.3) is 0 Å². The van der Waals surface area contributed by atoms with E-state index < -0.39 is 0 Å². The van der Waals surface area contributed by atoms with Gasteiger partial charge in [0.05, 0.1) is 16.5 Å². The van der Waals surface area contributed by atoms with E-state index in [1.165, 1.54) is 11.8 Å². The molecule has 1 fully saturated rings. The van der Waals surface area contributed by atoms with Gasteiger partial charge in [-0.3, -0.25) is 4.79 Å². The number of anilines is 2. The zero-order valence-corrected chi connectivity index (χ0v) is 23.5. The van der Waals surface area contributed by atoms with E-state index in [0.29, 0.717) is 23.4 Å². The molecule has 0 bridgehead atoms. The molecule has 0 radical (unpaired) electrons. The molecule has 1 aromatic heterocycles. The molecule has 2 heterocycles. The van der Waals surface area contributed by atoms with Crippen LogP contribution in [0.15, 0.2) is 65.8 Å². The molecule has 1 saturated heterocycles. The summed E-state index contributed by atoms with van der Waals surface area (Å²) in [6, 6.07) is 19.8. The number of benzene rings is 2. The van der Waals surface area contributed by atoms with Crippen LogP contribution in [-0.4, -0.2) is 84.8 Å². The Morgan fingerprint density at radius 2 is 1.59 bits per heavy atom. The first kappa shape index (κ1) is 27.5. The summed E-state index contributed by atoms with van der Waals surface area (Å²) in [4.78, 5) is 30.7. The monoisotopic (exact) mass is 558 g/mol. The van der Waals surface area contributed by atoms with Crippen molar-refractivity contribution < 1.29 is 4.79 Å². The molecule has 37 heavy (non-hydrogen) atoms. The van der Waals surface area contributed by atoms with Crippen molar-refractivity contribution in [1.29, 1.82) is 0 Å². The molecular weight excluding hydrogens is 527 g/mol. The van der Waals surface area contributed by atoms with Gasteiger partial charge in [-0.15, -0.1) is 0 Å². The number of hydrogen-bond acceptors (Lipinski definition) is 7. The second-order valence-corrected chi connectivity index (χ2v) is 10.9. The Morgan fingerprint density at radius 1 is 0.919 bits per heavy atom. The van der Waals surface area contributed by atoms with E-state index in [4.69, 9.17) is 28.2 Å². The quantitative estimate of drug-likeness (QED) is 0.201. The van der Waals surface area contributed by atoms with Crippen LogP contribution in [0.4, 0.5) is 11.5 Å². The lowest BCUT2D eigenvalue weighted by atomic mass is 10.2. The molecule has 3 aromatic rings. The van der Waals surface area contributed by atoms with Crippen molar-refractivity contribution in [2.75, 3.05) is 68.9 Å². The van der Waals surface area contributed by atoms with E-state index in [9.17, 15) is 4.79 Å². The number of carbonyl (C=O) groups is 1. The van der Waals surface area contributed by atoms with Gasteiger partial charge in [-0.25, -0.2) is 9.97 Å². The van der Waals surface area contributed by atoms with Gasteiger partial charge in [0.2, 0.25) is 5.91 Å². The summed E-state index contributed by atoms with van der Waals surface area (Å²) in [5.41, 5.74) is 2.16. The summed E-state index contributed by atoms with van der Waals surface area (Å²) in [5.74, 6) is 1.08. The van der Waals surface area contributed by atoms with Crippen LogP contribution < -0.4 is 9.80 Å². The van der Waals surface area contributed by atoms with Crippen molar-refractivity contribution in [1.82, 2.24) is 19.8 Å². The van der Waals surface area contributed by atoms with Crippen molar-refractivity contribution in [2.24, 2.45) is 0 Å². The van der Waals surface area contributed by atoms with Crippen molar-refractivity contribution in [3.63, 3.8) is 0 Å². The van der Waals surface area contributed by atoms with E-state index in [1.54, 1.807) is 6.07 Å². The number of halogens is 2. The van der Waals surface area contributed by atoms with Gasteiger partial charge in [-0.2, -0.15) is 0 Å². The molecule has 1 aliphatic heterocycles. The summed E-state index contributed by atoms with van der Waals surface area (Å²) >= 11 is 14.1. The van der Waals surface area contributed by atoms with Gasteiger partial charge in [0.1, 0.15) is 11.0 Å². The Bertz CT molecular complexity index is 1170. The number of carbonyl (C=O) groups excluding carboxylic acids is 1. The first-order valence-corrected chi connectivity index (χ1v) is 14.0. The molecule has 1 amide bonds. The van der Waals surface area contributed by atoms with Gasteiger partial charge in [0.15, 0.2) is 5.16 Å². The molecule has 0 aliphatic carbocycles. The lowest BCUT2D eigenvalue weighted by Crippen LogP contribution is -2.47. The minimum absolute atomic E-state index is 0.0502. The molecule has 0 saturated carbocycles. The summed E-state index contributed by atoms with van der Waals surface area (Å²) in [6.07, 6.45) is 0. The zero-order chi connectivity index (χ0) is 26.2. The van der Waals surface area contributed by atoms with E-state index >= 15 is 0 Å². The first-order chi connectivity index (χ1) is 17.9. The molecule has 0 N–H and O–H groups in total. The van der Waals surface area contributed by atoms with E-state index in [2.05, 4.69) is 19.7 Å². The van der Waals surface area contributed by atoms with Crippen LogP contribution >= 0.6 is 35.0 Å². The van der Waals surface area contributed by atoms with Crippen LogP contribution in [0.2, 0.25) is 10.2 Å². The third-order valence-corrected chi connectivity index (χ3v) is 7.51. The van der Waals surface area contributed by atoms with Crippen LogP contribution in [0.5, 0.6) is 0 Å². The maximum absolute atomic E-state index is 13.2. The van der Waals surface area contributed by atoms with Crippen LogP contribution in [0.1, 0.15) is 5.56 Å². The highest BCUT2D eigenvalue weighted by atomic mass is 35.5. The fourth-order valence-corrected chi connectivity index (χ4v) is 5.37. The topological polar surface area (TPSA) is 55.8 Å². The normalized spacial score (nSPS) is 13.8. The highest BCUT2D eigenvalue weighted by Gasteiger charge is 2.21. The highest BCUT2D eigenvalue weighted by molar-refractivity contribution is 7.99. The van der Waals surface area contributed by atoms with E-state index in [1.807, 2.05) is 73.6 Å². The second-order valence-electron chi connectivity index (χ2n) is 9.15. The SMILES string of the molecule is CN(C)CCN(Cc1ccccc1)C(=O)CSc1nc(Cl)cc(N2CCN(c3ccccc3Cl)CC2)n1. The predicted octanol–water partition coefficient (Wildman–Crippen LogP) is 4.79. The Kier molecular flexibility index (Phi) is 9.91. The van der Waals surface area contributed by atoms with Gasteiger partial charge in [-0.1, -0.05) is 77.4 Å². The smallest absolute Gasteiger partial charge is 0.233 e. The Labute approximate surface area is 233 Å². The third kappa shape index (κ3) is 7.98. The number of piperazine rings is 1. The number of para-hydroxylation sites is 1. The maximum Gasteiger partial charge on any atom is 0.233 e. The molecule has 0 atom stereocenters. The number of aromatic nitrogens is 2. The van der Waals surface area contributed by atoms with Crippen molar-refractivity contribution in [2.45, 2.75) is 11.7 Å². The minimum atomic E-state index is 0.0502. The average molecular weight is 560 g/mol. The predicted molar refractivity (Wildman–Crippen MR) is 154 cm³/mol. The molecule has 2 aromatic carbocycles. The number of thioether (sulfide) groups is 1. The van der Waals surface area contributed by atoms with Crippen LogP contribution in [0.3, 0.4) is 0 Å². The molecule has 1 aliphatic rings. The Morgan fingerprint density at radius 3 is 2.30 bits per heavy atom. The summed E-state index contributed by atoms with van der Waals surface area (Å²) in [7, 11) is 4.02. The van der Waals surface area contributed by atoms with Gasteiger partial charge in [0, 0.05) is 51.9 Å². The van der Waals surface area contributed by atoms with Gasteiger partial charge in [0.25, 0.3) is 0 Å². The third-order valence-electron chi connectivity index (χ3n) is 6.17. The summed E-state index contributed by atoms with van der Waals surface area (Å²) < 4.78 is 0. The maximum atomic E-state index is 13.2. The Hall–Kier alpha value is -2.52. The second kappa shape index (κ2) is 13.3. The number of amides is 1. The van der Waals surface area contributed by atoms with Gasteiger partial charge in [-0.05, 0) is 31.8 Å². The Balaban J connectivity index is 1.37. The largest absolute Gasteiger partial charge is 0.367 e. The number of rotatable bonds is 10. The zero-order valence-electron chi connectivity index (χ0n) is 21.2. The fraction of sp³-hybridized carbons (Fsp3) is 0.370. The molecule has 0 spiro atoms. The van der Waals surface area contributed by atoms with Crippen LogP contribution in [-0.2, 0) is 11.3 Å². The van der Waals surface area contributed by atoms with E-state index in [-0.39, 0.29) is 11.7 Å². The standard InChI is InChI=1S/C27H32Cl2N6OS/c1-32(2)12-13-35(19-21-8-4-3-5-9-21)26(36)20-37-27-30-24(29)18-25(31-27)34-16-14-33(15-17-34)23-11-7-6-10-22(23)28/h3-11,18H,12-17,19-20H2,1-2H3. The molecule has 196 valence electrons. The lowest BCUT2D eigenvalue weighted by molar-refractivity contribution is -0.129. The molecular formula is C27H32Cl2N6OS. The van der Waals surface area contributed by atoms with Crippen LogP contribution in [0, 0.1) is 0 Å². The van der Waals surface area contributed by atoms with Crippen molar-refractivity contribution >= 4 is 52.4 Å².